The molecule has 2 rings (SSSR count). The molecule has 0 N–H and O–H groups in total. The molecule has 0 unspecified atom stereocenters. The summed E-state index contributed by atoms with van der Waals surface area (Å²) in [5, 5.41) is 0. The van der Waals surface area contributed by atoms with E-state index in [2.05, 4.69) is 21.8 Å². The van der Waals surface area contributed by atoms with E-state index in [-0.39, 0.29) is 35.9 Å². The molecule has 19 heavy (non-hydrogen) atoms. The van der Waals surface area contributed by atoms with Crippen LogP contribution in [0.4, 0.5) is 0 Å². The third-order valence-electron chi connectivity index (χ3n) is 1.65. The first-order valence-corrected chi connectivity index (χ1v) is 4.52. The van der Waals surface area contributed by atoms with Crippen LogP contribution in [0.25, 0.3) is 0 Å². The first-order valence-electron chi connectivity index (χ1n) is 4.52. The normalized spacial score (nSPS) is 6.63. The van der Waals surface area contributed by atoms with Gasteiger partial charge >= 0.3 is 21.1 Å². The van der Waals surface area contributed by atoms with Gasteiger partial charge in [-0.3, -0.25) is 21.8 Å². The maximum Gasteiger partial charge on any atom is 4.00 e. The zero-order valence-corrected chi connectivity index (χ0v) is 13.1. The maximum absolute atomic E-state index is 6.67. The molecule has 0 aliphatic carbocycles. The fourth-order valence-corrected chi connectivity index (χ4v) is 0.870. The summed E-state index contributed by atoms with van der Waals surface area (Å²) in [6.07, 6.45) is 19.9. The van der Waals surface area contributed by atoms with Crippen LogP contribution in [-0.2, 0) is 21.1 Å². The summed E-state index contributed by atoms with van der Waals surface area (Å²) in [5.41, 5.74) is 1.53. The summed E-state index contributed by atoms with van der Waals surface area (Å²) < 4.78 is 0. The van der Waals surface area contributed by atoms with Crippen molar-refractivity contribution >= 4 is 0 Å². The van der Waals surface area contributed by atoms with Gasteiger partial charge in [-0.05, 0) is 0 Å². The molecule has 0 saturated carbocycles. The van der Waals surface area contributed by atoms with Crippen LogP contribution < -0.4 is 0 Å². The van der Waals surface area contributed by atoms with Crippen molar-refractivity contribution in [2.45, 2.75) is 0 Å². The molecule has 2 heterocycles. The Labute approximate surface area is 131 Å². The minimum absolute atomic E-state index is 0. The molecule has 0 aromatic carbocycles. The topological polar surface area (TPSA) is 25.8 Å². The molecule has 0 saturated heterocycles. The molecule has 0 spiro atoms. The largest absolute Gasteiger partial charge is 4.00 e. The van der Waals surface area contributed by atoms with Gasteiger partial charge < -0.3 is 27.7 Å². The van der Waals surface area contributed by atoms with E-state index in [1.54, 1.807) is 49.1 Å². The van der Waals surface area contributed by atoms with Crippen LogP contribution in [0.15, 0.2) is 49.1 Å². The van der Waals surface area contributed by atoms with Gasteiger partial charge in [0.1, 0.15) is 0 Å². The second kappa shape index (κ2) is 14.2. The molecule has 2 aromatic rings. The van der Waals surface area contributed by atoms with E-state index < -0.39 is 0 Å². The zero-order valence-electron chi connectivity index (χ0n) is 10.8. The van der Waals surface area contributed by atoms with Gasteiger partial charge in [0.2, 0.25) is 0 Å². The van der Waals surface area contributed by atoms with Crippen molar-refractivity contribution in [3.05, 3.63) is 87.9 Å². The zero-order chi connectivity index (χ0) is 11.6. The number of rotatable bonds is 0. The number of nitrogens with zero attached hydrogens (tertiary/aromatic N) is 2. The average Bonchev–Trinajstić information content (AvgIpc) is 2.41. The molecule has 0 atom stereocenters. The Kier molecular flexibility index (Phi) is 16.6. The van der Waals surface area contributed by atoms with Gasteiger partial charge in [-0.25, -0.2) is 0 Å². The van der Waals surface area contributed by atoms with E-state index in [4.69, 9.17) is 12.8 Å². The van der Waals surface area contributed by atoms with Crippen LogP contribution in [0.1, 0.15) is 11.1 Å². The van der Waals surface area contributed by atoms with Gasteiger partial charge in [0.25, 0.3) is 0 Å². The third-order valence-corrected chi connectivity index (χ3v) is 1.65. The fourth-order valence-electron chi connectivity index (χ4n) is 0.870. The van der Waals surface area contributed by atoms with E-state index in [1.165, 1.54) is 0 Å². The fraction of sp³-hybridized carbons (Fsp3) is 0. The van der Waals surface area contributed by atoms with Crippen LogP contribution >= 0.6 is 0 Å². The summed E-state index contributed by atoms with van der Waals surface area (Å²) in [6, 6.07) is 6.92. The van der Waals surface area contributed by atoms with Gasteiger partial charge in [0, 0.05) is 24.8 Å². The summed E-state index contributed by atoms with van der Waals surface area (Å²) in [5.74, 6) is 4.47. The smallest absolute Gasteiger partial charge is 0.366 e. The van der Waals surface area contributed by atoms with E-state index in [0.29, 0.717) is 0 Å². The van der Waals surface area contributed by atoms with Crippen molar-refractivity contribution in [1.82, 2.24) is 9.97 Å². The van der Waals surface area contributed by atoms with Crippen LogP contribution in [0.3, 0.4) is 0 Å². The first-order chi connectivity index (χ1) is 7.86. The van der Waals surface area contributed by atoms with Crippen molar-refractivity contribution in [2.75, 3.05) is 0 Å². The third kappa shape index (κ3) is 9.78. The van der Waals surface area contributed by atoms with Crippen molar-refractivity contribution in [1.29, 1.82) is 0 Å². The van der Waals surface area contributed by atoms with E-state index in [0.717, 1.165) is 11.1 Å². The standard InChI is InChI=1S/2C7H4N.2CH3.Pt/c2*1-2-7-3-5-8-6-4-7;;;/h2*3-6H;2*1H3;/q4*-1;+4. The van der Waals surface area contributed by atoms with Crippen LogP contribution in [0.5, 0.6) is 0 Å². The Hall–Kier alpha value is -1.89. The minimum atomic E-state index is 0. The number of hydrogen-bond donors (Lipinski definition) is 0. The molecule has 0 fully saturated rings. The molecule has 98 valence electrons. The quantitative estimate of drug-likeness (QED) is 0.476. The maximum atomic E-state index is 6.67. The Morgan fingerprint density at radius 2 is 0.947 bits per heavy atom. The van der Waals surface area contributed by atoms with Crippen molar-refractivity contribution in [2.24, 2.45) is 0 Å². The van der Waals surface area contributed by atoms with Gasteiger partial charge in [0.05, 0.1) is 0 Å². The second-order valence-corrected chi connectivity index (χ2v) is 2.72. The summed E-state index contributed by atoms with van der Waals surface area (Å²) in [6.45, 7) is 0. The summed E-state index contributed by atoms with van der Waals surface area (Å²) in [4.78, 5) is 7.54. The van der Waals surface area contributed by atoms with Gasteiger partial charge in [-0.1, -0.05) is 0 Å². The molecular weight excluding hydrogens is 415 g/mol. The van der Waals surface area contributed by atoms with E-state index in [9.17, 15) is 0 Å². The molecule has 0 amide bonds. The molecule has 0 bridgehead atoms. The Balaban J connectivity index is -0.000000233. The Morgan fingerprint density at radius 3 is 1.11 bits per heavy atom. The SMILES string of the molecule is [C-]#Cc1ccncc1.[C-]#Cc1ccncc1.[CH3-].[CH3-].[Pt+4]. The number of aromatic nitrogens is 2. The Bertz CT molecular complexity index is 446. The van der Waals surface area contributed by atoms with E-state index >= 15 is 0 Å². The van der Waals surface area contributed by atoms with Gasteiger partial charge in [0.15, 0.2) is 0 Å². The van der Waals surface area contributed by atoms with Crippen molar-refractivity contribution in [3.63, 3.8) is 0 Å². The predicted molar refractivity (Wildman–Crippen MR) is 73.8 cm³/mol. The minimum Gasteiger partial charge on any atom is -0.366 e. The second-order valence-electron chi connectivity index (χ2n) is 2.72. The predicted octanol–water partition coefficient (Wildman–Crippen LogP) is 2.94. The number of hydrogen-bond acceptors (Lipinski definition) is 2. The van der Waals surface area contributed by atoms with Crippen molar-refractivity contribution in [3.8, 4) is 11.8 Å². The van der Waals surface area contributed by atoms with Crippen LogP contribution in [-0.4, -0.2) is 9.97 Å². The molecule has 0 aliphatic rings. The number of pyridine rings is 2. The summed E-state index contributed by atoms with van der Waals surface area (Å²) >= 11 is 0. The van der Waals surface area contributed by atoms with E-state index in [1.807, 2.05) is 0 Å². The van der Waals surface area contributed by atoms with Crippen LogP contribution in [0.2, 0.25) is 0 Å². The summed E-state index contributed by atoms with van der Waals surface area (Å²) in [7, 11) is 0. The molecule has 0 radical (unpaired) electrons. The molecule has 2 nitrogen and oxygen atoms in total. The molecule has 0 aliphatic heterocycles. The van der Waals surface area contributed by atoms with Crippen molar-refractivity contribution < 1.29 is 21.1 Å². The molecule has 3 heteroatoms. The monoisotopic (exact) mass is 429 g/mol. The molecular formula is C16H14N2Pt. The average molecular weight is 429 g/mol. The van der Waals surface area contributed by atoms with Gasteiger partial charge in [-0.15, -0.1) is 35.4 Å². The molecule has 2 aromatic heterocycles. The first kappa shape index (κ1) is 22.3. The van der Waals surface area contributed by atoms with Gasteiger partial charge in [-0.2, -0.15) is 0 Å². The Morgan fingerprint density at radius 1 is 0.684 bits per heavy atom. The van der Waals surface area contributed by atoms with Crippen LogP contribution in [0, 0.1) is 39.5 Å².